The average molecular weight is 518 g/mol. The summed E-state index contributed by atoms with van der Waals surface area (Å²) in [5.74, 6) is 1.96. The van der Waals surface area contributed by atoms with E-state index in [1.807, 2.05) is 11.1 Å². The number of ether oxygens (including phenoxy) is 2. The molecule has 1 saturated carbocycles. The van der Waals surface area contributed by atoms with Crippen molar-refractivity contribution in [3.8, 4) is 5.75 Å². The van der Waals surface area contributed by atoms with Gasteiger partial charge in [0.25, 0.3) is 0 Å². The van der Waals surface area contributed by atoms with Crippen LogP contribution in [0, 0.1) is 5.92 Å². The number of anilines is 2. The zero-order valence-corrected chi connectivity index (χ0v) is 21.9. The molecule has 7 rings (SSSR count). The van der Waals surface area contributed by atoms with Crippen LogP contribution in [0.3, 0.4) is 0 Å². The second-order valence-corrected chi connectivity index (χ2v) is 11.7. The van der Waals surface area contributed by atoms with Gasteiger partial charge < -0.3 is 19.7 Å². The average Bonchev–Trinajstić information content (AvgIpc) is 3.49. The highest BCUT2D eigenvalue weighted by atomic mass is 32.1. The maximum absolute atomic E-state index is 13.4. The summed E-state index contributed by atoms with van der Waals surface area (Å²) in [7, 11) is 0. The van der Waals surface area contributed by atoms with Gasteiger partial charge in [0, 0.05) is 23.6 Å². The van der Waals surface area contributed by atoms with E-state index in [4.69, 9.17) is 9.47 Å². The molecule has 0 radical (unpaired) electrons. The van der Waals surface area contributed by atoms with Crippen molar-refractivity contribution in [2.45, 2.75) is 64.1 Å². The first-order valence-electron chi connectivity index (χ1n) is 13.4. The molecule has 1 aromatic carbocycles. The molecule has 2 aromatic heterocycles. The summed E-state index contributed by atoms with van der Waals surface area (Å²) in [6.07, 6.45) is 9.75. The van der Waals surface area contributed by atoms with Crippen molar-refractivity contribution in [2.75, 3.05) is 25.1 Å². The van der Waals surface area contributed by atoms with Crippen molar-refractivity contribution in [1.82, 2.24) is 14.9 Å². The fourth-order valence-electron chi connectivity index (χ4n) is 5.83. The minimum Gasteiger partial charge on any atom is -0.488 e. The minimum atomic E-state index is 0.0176. The van der Waals surface area contributed by atoms with E-state index < -0.39 is 0 Å². The van der Waals surface area contributed by atoms with E-state index >= 15 is 0 Å². The lowest BCUT2D eigenvalue weighted by Gasteiger charge is -2.36. The predicted octanol–water partition coefficient (Wildman–Crippen LogP) is 4.65. The van der Waals surface area contributed by atoms with Crippen LogP contribution >= 0.6 is 11.3 Å². The molecule has 1 amide bonds. The van der Waals surface area contributed by atoms with Crippen LogP contribution in [-0.2, 0) is 28.9 Å². The number of hydrogen-bond donors (Lipinski definition) is 1. The van der Waals surface area contributed by atoms with Crippen molar-refractivity contribution >= 4 is 45.2 Å². The molecule has 192 valence electrons. The van der Waals surface area contributed by atoms with Crippen molar-refractivity contribution in [2.24, 2.45) is 10.9 Å². The molecule has 2 aliphatic heterocycles. The molecule has 2 fully saturated rings. The maximum atomic E-state index is 13.4. The van der Waals surface area contributed by atoms with Crippen molar-refractivity contribution in [1.29, 1.82) is 0 Å². The fourth-order valence-corrected chi connectivity index (χ4v) is 7.10. The van der Waals surface area contributed by atoms with Crippen LogP contribution in [0.2, 0.25) is 0 Å². The number of benzene rings is 1. The second kappa shape index (κ2) is 9.36. The Morgan fingerprint density at radius 1 is 1.24 bits per heavy atom. The summed E-state index contributed by atoms with van der Waals surface area (Å²) < 4.78 is 11.9. The third-order valence-corrected chi connectivity index (χ3v) is 9.34. The number of amides is 1. The van der Waals surface area contributed by atoms with Crippen molar-refractivity contribution in [3.05, 3.63) is 40.0 Å². The number of hydrogen-bond acceptors (Lipinski definition) is 8. The van der Waals surface area contributed by atoms with Gasteiger partial charge in [-0.3, -0.25) is 9.79 Å². The van der Waals surface area contributed by atoms with Gasteiger partial charge in [0.2, 0.25) is 5.91 Å². The standard InChI is InChI=1S/C28H31N5O3S/c1-16-14-35-8-7-33(16)28(34)17-5-6-21-24(11-17)37-27-25(21)26(30-15-31-27)32-22-9-18-12-29-13-19(18)10-23(22)36-20-3-2-4-20/h9-10,12,15-17,20H,2-8,11,13-14H2,1H3,(H,30,31,32)/t16-,17-/m0/s1. The fraction of sp³-hybridized carbons (Fsp3) is 0.500. The summed E-state index contributed by atoms with van der Waals surface area (Å²) in [6.45, 7) is 4.72. The van der Waals surface area contributed by atoms with E-state index in [1.54, 1.807) is 17.7 Å². The van der Waals surface area contributed by atoms with Gasteiger partial charge >= 0.3 is 0 Å². The summed E-state index contributed by atoms with van der Waals surface area (Å²) >= 11 is 1.70. The summed E-state index contributed by atoms with van der Waals surface area (Å²) in [6, 6.07) is 4.40. The van der Waals surface area contributed by atoms with E-state index in [-0.39, 0.29) is 24.0 Å². The van der Waals surface area contributed by atoms with Crippen LogP contribution in [0.25, 0.3) is 10.2 Å². The molecular weight excluding hydrogens is 486 g/mol. The molecule has 37 heavy (non-hydrogen) atoms. The third kappa shape index (κ3) is 4.18. The second-order valence-electron chi connectivity index (χ2n) is 10.6. The van der Waals surface area contributed by atoms with Crippen LogP contribution < -0.4 is 10.1 Å². The molecule has 1 saturated heterocycles. The molecule has 4 aliphatic rings. The number of aromatic nitrogens is 2. The molecule has 2 aliphatic carbocycles. The molecule has 2 atom stereocenters. The Kier molecular flexibility index (Phi) is 5.85. The Morgan fingerprint density at radius 2 is 2.16 bits per heavy atom. The van der Waals surface area contributed by atoms with Gasteiger partial charge in [0.15, 0.2) is 0 Å². The van der Waals surface area contributed by atoms with E-state index in [0.717, 1.165) is 65.1 Å². The van der Waals surface area contributed by atoms with Gasteiger partial charge in [-0.25, -0.2) is 9.97 Å². The highest BCUT2D eigenvalue weighted by Gasteiger charge is 2.34. The maximum Gasteiger partial charge on any atom is 0.226 e. The molecule has 9 heteroatoms. The molecule has 8 nitrogen and oxygen atoms in total. The Morgan fingerprint density at radius 3 is 3.00 bits per heavy atom. The highest BCUT2D eigenvalue weighted by molar-refractivity contribution is 7.19. The molecule has 0 bridgehead atoms. The predicted molar refractivity (Wildman–Crippen MR) is 144 cm³/mol. The quantitative estimate of drug-likeness (QED) is 0.530. The Balaban J connectivity index is 1.19. The lowest BCUT2D eigenvalue weighted by molar-refractivity contribution is -0.143. The first-order valence-corrected chi connectivity index (χ1v) is 14.2. The number of carbonyl (C=O) groups excluding carboxylic acids is 1. The number of aryl methyl sites for hydroxylation is 1. The van der Waals surface area contributed by atoms with Gasteiger partial charge in [0.1, 0.15) is 22.7 Å². The summed E-state index contributed by atoms with van der Waals surface area (Å²) in [4.78, 5) is 31.3. The molecule has 1 N–H and O–H groups in total. The molecule has 4 heterocycles. The minimum absolute atomic E-state index is 0.0176. The van der Waals surface area contributed by atoms with E-state index in [2.05, 4.69) is 39.3 Å². The Hall–Kier alpha value is -3.04. The first-order chi connectivity index (χ1) is 18.1. The van der Waals surface area contributed by atoms with Gasteiger partial charge in [-0.15, -0.1) is 11.3 Å². The first kappa shape index (κ1) is 23.1. The van der Waals surface area contributed by atoms with E-state index in [0.29, 0.717) is 26.3 Å². The van der Waals surface area contributed by atoms with Gasteiger partial charge in [-0.1, -0.05) is 0 Å². The largest absolute Gasteiger partial charge is 0.488 e. The number of nitrogens with one attached hydrogen (secondary N) is 1. The van der Waals surface area contributed by atoms with Crippen LogP contribution in [0.1, 0.15) is 54.2 Å². The van der Waals surface area contributed by atoms with Crippen molar-refractivity contribution in [3.63, 3.8) is 0 Å². The number of carbonyl (C=O) groups is 1. The smallest absolute Gasteiger partial charge is 0.226 e. The molecule has 3 aromatic rings. The number of aliphatic imine (C=N–C) groups is 1. The monoisotopic (exact) mass is 517 g/mol. The van der Waals surface area contributed by atoms with Crippen molar-refractivity contribution < 1.29 is 14.3 Å². The number of rotatable bonds is 5. The van der Waals surface area contributed by atoms with Crippen LogP contribution in [0.5, 0.6) is 5.75 Å². The number of morpholine rings is 1. The summed E-state index contributed by atoms with van der Waals surface area (Å²) in [5, 5.41) is 4.69. The zero-order chi connectivity index (χ0) is 24.9. The Labute approximate surface area is 220 Å². The van der Waals surface area contributed by atoms with Gasteiger partial charge in [-0.05, 0) is 74.3 Å². The van der Waals surface area contributed by atoms with Crippen LogP contribution in [0.4, 0.5) is 11.5 Å². The number of fused-ring (bicyclic) bond motifs is 4. The number of thiophene rings is 1. The highest BCUT2D eigenvalue weighted by Crippen LogP contribution is 2.42. The van der Waals surface area contributed by atoms with Gasteiger partial charge in [-0.2, -0.15) is 0 Å². The van der Waals surface area contributed by atoms with Crippen LogP contribution in [-0.4, -0.2) is 58.9 Å². The summed E-state index contributed by atoms with van der Waals surface area (Å²) in [5.41, 5.74) is 4.53. The van der Waals surface area contributed by atoms with E-state index in [1.165, 1.54) is 22.4 Å². The van der Waals surface area contributed by atoms with Gasteiger partial charge in [0.05, 0.1) is 43.0 Å². The molecule has 0 spiro atoms. The van der Waals surface area contributed by atoms with E-state index in [9.17, 15) is 4.79 Å². The molecule has 0 unspecified atom stereocenters. The lowest BCUT2D eigenvalue weighted by atomic mass is 9.86. The Bertz CT molecular complexity index is 1400. The SMILES string of the molecule is C[C@H]1COCCN1C(=O)[C@H]1CCc2c(sc3ncnc(Nc4cc5c(cc4OC4CCC4)CN=C5)c23)C1. The third-order valence-electron chi connectivity index (χ3n) is 8.18. The lowest BCUT2D eigenvalue weighted by Crippen LogP contribution is -2.50. The normalized spacial score (nSPS) is 23.0. The zero-order valence-electron chi connectivity index (χ0n) is 21.0. The van der Waals surface area contributed by atoms with Crippen LogP contribution in [0.15, 0.2) is 23.5 Å². The topological polar surface area (TPSA) is 88.9 Å². The number of nitrogens with zero attached hydrogens (tertiary/aromatic N) is 4. The molecular formula is C28H31N5O3S.